The van der Waals surface area contributed by atoms with E-state index in [0.29, 0.717) is 12.1 Å². The van der Waals surface area contributed by atoms with Gasteiger partial charge in [0, 0.05) is 36.4 Å². The van der Waals surface area contributed by atoms with Crippen LogP contribution in [-0.4, -0.2) is 39.5 Å². The molecule has 1 aliphatic heterocycles. The van der Waals surface area contributed by atoms with Gasteiger partial charge in [-0.3, -0.25) is 4.90 Å². The summed E-state index contributed by atoms with van der Waals surface area (Å²) in [5, 5.41) is 3.61. The van der Waals surface area contributed by atoms with Gasteiger partial charge in [0.15, 0.2) is 0 Å². The number of hydrogen-bond donors (Lipinski definition) is 1. The first-order valence-electron chi connectivity index (χ1n) is 7.52. The molecule has 4 heteroatoms. The number of anilines is 1. The molecule has 2 atom stereocenters. The van der Waals surface area contributed by atoms with Gasteiger partial charge in [-0.1, -0.05) is 6.92 Å². The van der Waals surface area contributed by atoms with E-state index >= 15 is 0 Å². The maximum atomic E-state index is 4.52. The monoisotopic (exact) mass is 260 g/mol. The second-order valence-corrected chi connectivity index (χ2v) is 6.00. The summed E-state index contributed by atoms with van der Waals surface area (Å²) >= 11 is 0. The Morgan fingerprint density at radius 2 is 2.16 bits per heavy atom. The van der Waals surface area contributed by atoms with Gasteiger partial charge in [-0.25, -0.2) is 9.97 Å². The van der Waals surface area contributed by atoms with Crippen molar-refractivity contribution in [3.8, 4) is 0 Å². The maximum Gasteiger partial charge on any atom is 0.130 e. The van der Waals surface area contributed by atoms with Gasteiger partial charge in [0.1, 0.15) is 11.6 Å². The van der Waals surface area contributed by atoms with E-state index in [1.165, 1.54) is 19.3 Å². The average molecular weight is 260 g/mol. The molecule has 1 aromatic heterocycles. The first kappa shape index (κ1) is 12.9. The Bertz CT molecular complexity index is 455. The minimum atomic E-state index is 0.537. The van der Waals surface area contributed by atoms with E-state index < -0.39 is 0 Å². The van der Waals surface area contributed by atoms with Gasteiger partial charge in [0.25, 0.3) is 0 Å². The zero-order chi connectivity index (χ0) is 13.4. The lowest BCUT2D eigenvalue weighted by molar-refractivity contribution is 0.257. The number of nitrogens with one attached hydrogen (secondary N) is 1. The van der Waals surface area contributed by atoms with Crippen molar-refractivity contribution in [2.24, 2.45) is 0 Å². The summed E-state index contributed by atoms with van der Waals surface area (Å²) in [7, 11) is 0. The van der Waals surface area contributed by atoms with Crippen LogP contribution in [0.25, 0.3) is 0 Å². The Kier molecular flexibility index (Phi) is 3.44. The first-order chi connectivity index (χ1) is 9.15. The summed E-state index contributed by atoms with van der Waals surface area (Å²) in [6.07, 6.45) is 4.97. The molecule has 2 aliphatic rings. The number of aryl methyl sites for hydroxylation is 2. The van der Waals surface area contributed by atoms with Crippen LogP contribution in [0.3, 0.4) is 0 Å². The zero-order valence-corrected chi connectivity index (χ0v) is 12.2. The van der Waals surface area contributed by atoms with Crippen molar-refractivity contribution in [2.75, 3.05) is 11.9 Å². The van der Waals surface area contributed by atoms with Crippen molar-refractivity contribution >= 4 is 5.82 Å². The SMILES string of the molecule is CCc1cc(NC2CC(C)N(C3CC3)C2)nc(C)n1. The molecule has 19 heavy (non-hydrogen) atoms. The molecule has 4 nitrogen and oxygen atoms in total. The second kappa shape index (κ2) is 5.08. The fraction of sp³-hybridized carbons (Fsp3) is 0.733. The van der Waals surface area contributed by atoms with Crippen LogP contribution in [0.4, 0.5) is 5.82 Å². The van der Waals surface area contributed by atoms with Crippen molar-refractivity contribution in [1.29, 1.82) is 0 Å². The van der Waals surface area contributed by atoms with Gasteiger partial charge in [0.05, 0.1) is 0 Å². The predicted octanol–water partition coefficient (Wildman–Crippen LogP) is 2.38. The fourth-order valence-electron chi connectivity index (χ4n) is 3.17. The molecule has 104 valence electrons. The molecule has 0 spiro atoms. The van der Waals surface area contributed by atoms with Gasteiger partial charge < -0.3 is 5.32 Å². The Hall–Kier alpha value is -1.16. The lowest BCUT2D eigenvalue weighted by Crippen LogP contribution is -2.31. The molecule has 0 bridgehead atoms. The van der Waals surface area contributed by atoms with Crippen LogP contribution in [0.15, 0.2) is 6.07 Å². The summed E-state index contributed by atoms with van der Waals surface area (Å²) in [5.41, 5.74) is 1.13. The van der Waals surface area contributed by atoms with E-state index in [2.05, 4.69) is 40.1 Å². The van der Waals surface area contributed by atoms with E-state index in [1.807, 2.05) is 6.92 Å². The highest BCUT2D eigenvalue weighted by molar-refractivity contribution is 5.37. The summed E-state index contributed by atoms with van der Waals surface area (Å²) in [5.74, 6) is 1.87. The van der Waals surface area contributed by atoms with Crippen LogP contribution in [0.2, 0.25) is 0 Å². The number of aromatic nitrogens is 2. The number of rotatable bonds is 4. The zero-order valence-electron chi connectivity index (χ0n) is 12.2. The Morgan fingerprint density at radius 1 is 1.37 bits per heavy atom. The topological polar surface area (TPSA) is 41.0 Å². The Balaban J connectivity index is 1.66. The molecule has 0 radical (unpaired) electrons. The summed E-state index contributed by atoms with van der Waals surface area (Å²) < 4.78 is 0. The van der Waals surface area contributed by atoms with Crippen LogP contribution in [0.5, 0.6) is 0 Å². The van der Waals surface area contributed by atoms with Crippen LogP contribution in [0, 0.1) is 6.92 Å². The molecule has 2 unspecified atom stereocenters. The molecular formula is C15H24N4. The molecule has 1 aliphatic carbocycles. The Morgan fingerprint density at radius 3 is 2.84 bits per heavy atom. The predicted molar refractivity (Wildman–Crippen MR) is 77.4 cm³/mol. The van der Waals surface area contributed by atoms with Crippen LogP contribution < -0.4 is 5.32 Å². The minimum absolute atomic E-state index is 0.537. The lowest BCUT2D eigenvalue weighted by Gasteiger charge is -2.19. The normalized spacial score (nSPS) is 27.7. The van der Waals surface area contributed by atoms with Gasteiger partial charge >= 0.3 is 0 Å². The third-order valence-corrected chi connectivity index (χ3v) is 4.24. The highest BCUT2D eigenvalue weighted by atomic mass is 15.3. The maximum absolute atomic E-state index is 4.52. The van der Waals surface area contributed by atoms with Gasteiger partial charge in [-0.15, -0.1) is 0 Å². The van der Waals surface area contributed by atoms with Crippen molar-refractivity contribution < 1.29 is 0 Å². The minimum Gasteiger partial charge on any atom is -0.366 e. The van der Waals surface area contributed by atoms with E-state index in [9.17, 15) is 0 Å². The van der Waals surface area contributed by atoms with Gasteiger partial charge in [-0.05, 0) is 39.5 Å². The third kappa shape index (κ3) is 2.89. The van der Waals surface area contributed by atoms with Gasteiger partial charge in [-0.2, -0.15) is 0 Å². The van der Waals surface area contributed by atoms with Crippen LogP contribution >= 0.6 is 0 Å². The van der Waals surface area contributed by atoms with Crippen molar-refractivity contribution in [2.45, 2.75) is 64.6 Å². The molecule has 1 saturated heterocycles. The van der Waals surface area contributed by atoms with E-state index in [4.69, 9.17) is 0 Å². The van der Waals surface area contributed by atoms with Gasteiger partial charge in [0.2, 0.25) is 0 Å². The Labute approximate surface area is 115 Å². The summed E-state index contributed by atoms with van der Waals surface area (Å²) in [4.78, 5) is 11.6. The smallest absolute Gasteiger partial charge is 0.130 e. The van der Waals surface area contributed by atoms with E-state index in [0.717, 1.165) is 36.3 Å². The largest absolute Gasteiger partial charge is 0.366 e. The molecule has 1 saturated carbocycles. The molecule has 1 aromatic rings. The number of hydrogen-bond acceptors (Lipinski definition) is 4. The third-order valence-electron chi connectivity index (χ3n) is 4.24. The fourth-order valence-corrected chi connectivity index (χ4v) is 3.17. The quantitative estimate of drug-likeness (QED) is 0.902. The van der Waals surface area contributed by atoms with Crippen LogP contribution in [-0.2, 0) is 6.42 Å². The van der Waals surface area contributed by atoms with E-state index in [1.54, 1.807) is 0 Å². The lowest BCUT2D eigenvalue weighted by atomic mass is 10.2. The average Bonchev–Trinajstić information content (AvgIpc) is 3.14. The highest BCUT2D eigenvalue weighted by Crippen LogP contribution is 2.33. The molecule has 2 fully saturated rings. The molecule has 2 heterocycles. The molecule has 3 rings (SSSR count). The van der Waals surface area contributed by atoms with E-state index in [-0.39, 0.29) is 0 Å². The van der Waals surface area contributed by atoms with Crippen molar-refractivity contribution in [3.63, 3.8) is 0 Å². The molecule has 0 amide bonds. The highest BCUT2D eigenvalue weighted by Gasteiger charge is 2.38. The first-order valence-corrected chi connectivity index (χ1v) is 7.52. The standard InChI is InChI=1S/C15H24N4/c1-4-12-8-15(17-11(3)16-12)18-13-7-10(2)19(9-13)14-5-6-14/h8,10,13-14H,4-7,9H2,1-3H3,(H,16,17,18). The molecule has 0 aromatic carbocycles. The molecular weight excluding hydrogens is 236 g/mol. The summed E-state index contributed by atoms with van der Waals surface area (Å²) in [6.45, 7) is 7.62. The number of likely N-dealkylation sites (tertiary alicyclic amines) is 1. The second-order valence-electron chi connectivity index (χ2n) is 6.00. The summed E-state index contributed by atoms with van der Waals surface area (Å²) in [6, 6.07) is 4.20. The molecule has 1 N–H and O–H groups in total. The van der Waals surface area contributed by atoms with Crippen LogP contribution in [0.1, 0.15) is 44.6 Å². The van der Waals surface area contributed by atoms with Crippen molar-refractivity contribution in [1.82, 2.24) is 14.9 Å². The van der Waals surface area contributed by atoms with Crippen molar-refractivity contribution in [3.05, 3.63) is 17.6 Å². The number of nitrogens with zero attached hydrogens (tertiary/aromatic N) is 3.